The minimum Gasteiger partial charge on any atom is -0.387 e. The van der Waals surface area contributed by atoms with Crippen LogP contribution in [0.25, 0.3) is 0 Å². The summed E-state index contributed by atoms with van der Waals surface area (Å²) in [5, 5.41) is 15.8. The van der Waals surface area contributed by atoms with E-state index in [1.54, 1.807) is 0 Å². The molecule has 3 amide bonds. The van der Waals surface area contributed by atoms with Crippen molar-refractivity contribution < 1.29 is 21.5 Å². The minimum absolute atomic E-state index is 0. The largest absolute Gasteiger partial charge is 0.387 e. The molecule has 1 unspecified atom stereocenters. The molecule has 9 heteroatoms. The molecule has 1 saturated heterocycles. The van der Waals surface area contributed by atoms with E-state index >= 15 is 0 Å². The van der Waals surface area contributed by atoms with Crippen molar-refractivity contribution in [3.63, 3.8) is 0 Å². The van der Waals surface area contributed by atoms with Crippen molar-refractivity contribution in [2.75, 3.05) is 32.7 Å². The lowest BCUT2D eigenvalue weighted by molar-refractivity contribution is -0.131. The van der Waals surface area contributed by atoms with Gasteiger partial charge in [-0.1, -0.05) is 89.8 Å². The van der Waals surface area contributed by atoms with Gasteiger partial charge in [-0.05, 0) is 50.5 Å². The third kappa shape index (κ3) is 14.7. The molecule has 9 nitrogen and oxygen atoms in total. The van der Waals surface area contributed by atoms with Crippen molar-refractivity contribution in [2.24, 2.45) is 17.8 Å². The fourth-order valence-corrected chi connectivity index (χ4v) is 5.55. The van der Waals surface area contributed by atoms with Crippen LogP contribution in [0.4, 0.5) is 0 Å². The number of nitrogens with zero attached hydrogens (tertiary/aromatic N) is 1. The molecule has 0 aromatic heterocycles. The maximum Gasteiger partial charge on any atom is 0.243 e. The molecule has 2 atom stereocenters. The lowest BCUT2D eigenvalue weighted by atomic mass is 9.94. The molecular weight excluding hydrogens is 612 g/mol. The maximum absolute atomic E-state index is 13.4. The Hall–Kier alpha value is -4.45. The van der Waals surface area contributed by atoms with Crippen LogP contribution in [0.15, 0.2) is 89.9 Å². The van der Waals surface area contributed by atoms with Crippen LogP contribution in [0.1, 0.15) is 86.3 Å². The van der Waals surface area contributed by atoms with Gasteiger partial charge in [-0.25, -0.2) is 0 Å². The number of hydrogen-bond acceptors (Lipinski definition) is 6. The number of rotatable bonds is 22. The van der Waals surface area contributed by atoms with E-state index in [2.05, 4.69) is 78.9 Å². The second kappa shape index (κ2) is 22.2. The zero-order valence-corrected chi connectivity index (χ0v) is 30.7. The molecular formula is C40H70N6O3. The van der Waals surface area contributed by atoms with Gasteiger partial charge in [-0.3, -0.25) is 14.4 Å². The Morgan fingerprint density at radius 1 is 0.939 bits per heavy atom. The molecule has 2 rings (SSSR count). The molecule has 0 radical (unpaired) electrons. The summed E-state index contributed by atoms with van der Waals surface area (Å²) in [5.74, 6) is 0.673. The predicted molar refractivity (Wildman–Crippen MR) is 210 cm³/mol. The first kappa shape index (κ1) is 40.7. The van der Waals surface area contributed by atoms with E-state index in [1.807, 2.05) is 61.2 Å². The molecule has 49 heavy (non-hydrogen) atoms. The molecule has 1 heterocycles. The van der Waals surface area contributed by atoms with E-state index in [0.29, 0.717) is 37.0 Å². The fourth-order valence-electron chi connectivity index (χ4n) is 5.55. The van der Waals surface area contributed by atoms with Crippen molar-refractivity contribution in [3.8, 4) is 0 Å². The summed E-state index contributed by atoms with van der Waals surface area (Å²) in [6.07, 6.45) is 8.77. The van der Waals surface area contributed by atoms with Crippen molar-refractivity contribution in [2.45, 2.75) is 86.1 Å². The first-order chi connectivity index (χ1) is 23.5. The van der Waals surface area contributed by atoms with E-state index in [0.717, 1.165) is 61.3 Å². The number of unbranched alkanes of at least 4 members (excludes halogenated alkanes) is 2. The monoisotopic (exact) mass is 683 g/mol. The SMILES string of the molecule is C=C=C(CNC(=O)CN/C(=C\C)CCCCCN1C(=O)C(C(C)C)CC1=C=C)N[C@@H](Cc1ccccc1)C(=O)NC/C(=C/C)NCC(C)C.[HH].[HH].[HH].[HH].[HH]. The molecule has 0 spiro atoms. The third-order valence-electron chi connectivity index (χ3n) is 8.65. The van der Waals surface area contributed by atoms with Gasteiger partial charge in [0.1, 0.15) is 6.04 Å². The predicted octanol–water partition coefficient (Wildman–Crippen LogP) is 6.70. The summed E-state index contributed by atoms with van der Waals surface area (Å²) in [5.41, 5.74) is 10.2. The Balaban J connectivity index is -0.00000250. The first-order valence-electron chi connectivity index (χ1n) is 17.7. The molecule has 0 aliphatic carbocycles. The van der Waals surface area contributed by atoms with Gasteiger partial charge in [0.2, 0.25) is 17.7 Å². The highest BCUT2D eigenvalue weighted by Crippen LogP contribution is 2.32. The van der Waals surface area contributed by atoms with Gasteiger partial charge in [-0.15, -0.1) is 11.5 Å². The molecule has 5 N–H and O–H groups in total. The van der Waals surface area contributed by atoms with Gasteiger partial charge in [0.05, 0.1) is 31.0 Å². The topological polar surface area (TPSA) is 115 Å². The number of carbonyl (C=O) groups is 3. The Labute approximate surface area is 302 Å². The normalized spacial score (nSPS) is 15.5. The van der Waals surface area contributed by atoms with Crippen LogP contribution in [0.3, 0.4) is 0 Å². The molecule has 1 aromatic carbocycles. The number of likely N-dealkylation sites (tertiary alicyclic amines) is 1. The van der Waals surface area contributed by atoms with E-state index in [1.165, 1.54) is 0 Å². The van der Waals surface area contributed by atoms with Gasteiger partial charge in [-0.2, -0.15) is 0 Å². The van der Waals surface area contributed by atoms with Crippen LogP contribution >= 0.6 is 0 Å². The molecule has 278 valence electrons. The van der Waals surface area contributed by atoms with Gasteiger partial charge in [0.15, 0.2) is 0 Å². The second-order valence-electron chi connectivity index (χ2n) is 13.3. The molecule has 0 saturated carbocycles. The number of hydrogen-bond donors (Lipinski definition) is 5. The van der Waals surface area contributed by atoms with Gasteiger partial charge in [0, 0.05) is 50.4 Å². The summed E-state index contributed by atoms with van der Waals surface area (Å²) >= 11 is 0. The van der Waals surface area contributed by atoms with E-state index < -0.39 is 6.04 Å². The van der Waals surface area contributed by atoms with Crippen molar-refractivity contribution >= 4 is 17.7 Å². The maximum atomic E-state index is 13.4. The standard InChI is InChI=1S/C40H60N6O3.5H2/c1-9-32(21-17-14-18-22-46-35(12-4)24-36(30(7)8)40(46)49)42-28-38(47)43-27-34(11-3)45-37(23-31-19-15-13-16-20-31)39(48)44-26-33(10-2)41-25-29(5)6;;;;;/h9-10,13,15-16,19-20,29-30,36-37,41-42,45H,3-4,14,17-18,21-28H2,1-2,5-8H3,(H,43,47)(H,44,48);5*1H/b32-9-,33-10-;;;;;/t36?,37-;;;;;/m0...../s1. The first-order valence-corrected chi connectivity index (χ1v) is 17.7. The number of carbonyl (C=O) groups excluding carboxylic acids is 3. The highest BCUT2D eigenvalue weighted by Gasteiger charge is 2.36. The molecule has 1 fully saturated rings. The lowest BCUT2D eigenvalue weighted by Crippen LogP contribution is -2.48. The summed E-state index contributed by atoms with van der Waals surface area (Å²) in [6, 6.07) is 9.23. The number of amides is 3. The van der Waals surface area contributed by atoms with Crippen LogP contribution in [0, 0.1) is 17.8 Å². The van der Waals surface area contributed by atoms with Gasteiger partial charge >= 0.3 is 0 Å². The summed E-state index contributed by atoms with van der Waals surface area (Å²) < 4.78 is 0. The Morgan fingerprint density at radius 2 is 1.65 bits per heavy atom. The minimum atomic E-state index is -0.584. The fraction of sp³-hybridized carbons (Fsp3) is 0.525. The van der Waals surface area contributed by atoms with E-state index in [4.69, 9.17) is 0 Å². The number of nitrogens with one attached hydrogen (secondary N) is 5. The Bertz CT molecular complexity index is 1410. The van der Waals surface area contributed by atoms with Crippen LogP contribution in [-0.4, -0.2) is 61.4 Å². The highest BCUT2D eigenvalue weighted by molar-refractivity contribution is 5.84. The zero-order chi connectivity index (χ0) is 36.2. The van der Waals surface area contributed by atoms with E-state index in [-0.39, 0.29) is 43.9 Å². The van der Waals surface area contributed by atoms with Crippen molar-refractivity contribution in [3.05, 3.63) is 95.5 Å². The summed E-state index contributed by atoms with van der Waals surface area (Å²) in [7, 11) is 0. The average molecular weight is 683 g/mol. The summed E-state index contributed by atoms with van der Waals surface area (Å²) in [6.45, 7) is 22.1. The van der Waals surface area contributed by atoms with Crippen LogP contribution < -0.4 is 26.6 Å². The molecule has 1 aromatic rings. The lowest BCUT2D eigenvalue weighted by Gasteiger charge is -2.22. The van der Waals surface area contributed by atoms with Crippen LogP contribution in [-0.2, 0) is 20.8 Å². The Morgan fingerprint density at radius 3 is 2.27 bits per heavy atom. The number of benzene rings is 1. The quantitative estimate of drug-likeness (QED) is 0.0688. The smallest absolute Gasteiger partial charge is 0.243 e. The summed E-state index contributed by atoms with van der Waals surface area (Å²) in [4.78, 5) is 40.8. The molecule has 0 bridgehead atoms. The average Bonchev–Trinajstić information content (AvgIpc) is 3.42. The van der Waals surface area contributed by atoms with Crippen molar-refractivity contribution in [1.82, 2.24) is 31.5 Å². The second-order valence-corrected chi connectivity index (χ2v) is 13.3. The Kier molecular flexibility index (Phi) is 18.5. The molecule has 1 aliphatic heterocycles. The number of allylic oxidation sites excluding steroid dienone is 4. The van der Waals surface area contributed by atoms with E-state index in [9.17, 15) is 14.4 Å². The van der Waals surface area contributed by atoms with Crippen LogP contribution in [0.5, 0.6) is 0 Å². The molecule has 1 aliphatic rings. The van der Waals surface area contributed by atoms with Crippen molar-refractivity contribution in [1.29, 1.82) is 0 Å². The zero-order valence-electron chi connectivity index (χ0n) is 30.7. The van der Waals surface area contributed by atoms with Gasteiger partial charge < -0.3 is 31.5 Å². The van der Waals surface area contributed by atoms with Crippen LogP contribution in [0.2, 0.25) is 0 Å². The third-order valence-corrected chi connectivity index (χ3v) is 8.65. The highest BCUT2D eigenvalue weighted by atomic mass is 16.2. The van der Waals surface area contributed by atoms with Gasteiger partial charge in [0.25, 0.3) is 0 Å².